The summed E-state index contributed by atoms with van der Waals surface area (Å²) in [7, 11) is 1.60. The number of aromatic nitrogens is 4. The number of methoxy groups -OCH3 is 1. The molecule has 1 unspecified atom stereocenters. The van der Waals surface area contributed by atoms with Gasteiger partial charge < -0.3 is 19.5 Å². The van der Waals surface area contributed by atoms with Gasteiger partial charge in [0.1, 0.15) is 36.8 Å². The molecule has 2 aromatic carbocycles. The van der Waals surface area contributed by atoms with Gasteiger partial charge in [-0.25, -0.2) is 9.20 Å². The van der Waals surface area contributed by atoms with Crippen molar-refractivity contribution in [3.8, 4) is 28.5 Å². The smallest absolute Gasteiger partial charge is 0.293 e. The maximum atomic E-state index is 13.1. The molecule has 0 saturated carbocycles. The monoisotopic (exact) mass is 475 g/mol. The van der Waals surface area contributed by atoms with Gasteiger partial charge in [0.2, 0.25) is 5.91 Å². The van der Waals surface area contributed by atoms with E-state index in [1.807, 2.05) is 49.4 Å². The van der Waals surface area contributed by atoms with E-state index in [0.717, 1.165) is 21.6 Å². The fraction of sp³-hybridized carbons (Fsp3) is 0.280. The number of rotatable bonds is 6. The predicted octanol–water partition coefficient (Wildman–Crippen LogP) is 2.52. The highest BCUT2D eigenvalue weighted by Crippen LogP contribution is 2.32. The van der Waals surface area contributed by atoms with Crippen molar-refractivity contribution in [1.29, 1.82) is 0 Å². The molecule has 180 valence electrons. The van der Waals surface area contributed by atoms with E-state index in [2.05, 4.69) is 15.5 Å². The second kappa shape index (κ2) is 9.13. The fourth-order valence-electron chi connectivity index (χ4n) is 4.02. The minimum Gasteiger partial charge on any atom is -0.497 e. The Morgan fingerprint density at radius 1 is 1.09 bits per heavy atom. The fourth-order valence-corrected chi connectivity index (χ4v) is 4.02. The molecule has 10 nitrogen and oxygen atoms in total. The standard InChI is InChI=1S/C25H25N5O5/c1-15(18-6-9-22-23(12-18)35-11-10-34-22)26-24(31)14-29-25(32)21-13-20(28-30(21)16(2)27-29)17-4-7-19(33-3)8-5-17/h4-9,12-13,15H,10-11,14H2,1-3H3,(H,26,31). The van der Waals surface area contributed by atoms with Crippen molar-refractivity contribution in [2.45, 2.75) is 26.4 Å². The molecule has 4 aromatic rings. The van der Waals surface area contributed by atoms with E-state index in [1.165, 1.54) is 4.52 Å². The normalized spacial score (nSPS) is 13.5. The number of ether oxygens (including phenoxy) is 3. The second-order valence-corrected chi connectivity index (χ2v) is 8.26. The molecule has 35 heavy (non-hydrogen) atoms. The largest absolute Gasteiger partial charge is 0.497 e. The van der Waals surface area contributed by atoms with Crippen LogP contribution in [0.3, 0.4) is 0 Å². The van der Waals surface area contributed by atoms with E-state index < -0.39 is 5.56 Å². The van der Waals surface area contributed by atoms with E-state index in [9.17, 15) is 9.59 Å². The van der Waals surface area contributed by atoms with Crippen LogP contribution in [0, 0.1) is 6.92 Å². The quantitative estimate of drug-likeness (QED) is 0.456. The third-order valence-electron chi connectivity index (χ3n) is 5.86. The van der Waals surface area contributed by atoms with Gasteiger partial charge in [-0.1, -0.05) is 6.07 Å². The lowest BCUT2D eigenvalue weighted by Crippen LogP contribution is -2.36. The molecule has 1 atom stereocenters. The molecule has 0 radical (unpaired) electrons. The van der Waals surface area contributed by atoms with Gasteiger partial charge in [0.15, 0.2) is 11.5 Å². The number of hydrogen-bond acceptors (Lipinski definition) is 7. The first kappa shape index (κ1) is 22.5. The van der Waals surface area contributed by atoms with Crippen molar-refractivity contribution in [2.24, 2.45) is 0 Å². The van der Waals surface area contributed by atoms with Gasteiger partial charge in [-0.3, -0.25) is 9.59 Å². The minimum absolute atomic E-state index is 0.214. The van der Waals surface area contributed by atoms with Crippen LogP contribution < -0.4 is 25.1 Å². The van der Waals surface area contributed by atoms with Crippen molar-refractivity contribution in [1.82, 2.24) is 24.7 Å². The number of aryl methyl sites for hydroxylation is 1. The van der Waals surface area contributed by atoms with Crippen molar-refractivity contribution >= 4 is 11.4 Å². The number of fused-ring (bicyclic) bond motifs is 2. The number of benzene rings is 2. The number of nitrogens with zero attached hydrogens (tertiary/aromatic N) is 4. The molecule has 1 aliphatic heterocycles. The molecule has 1 amide bonds. The van der Waals surface area contributed by atoms with E-state index in [1.54, 1.807) is 20.1 Å². The number of nitrogens with one attached hydrogen (secondary N) is 1. The molecule has 0 aliphatic carbocycles. The summed E-state index contributed by atoms with van der Waals surface area (Å²) in [6, 6.07) is 14.4. The Morgan fingerprint density at radius 2 is 1.83 bits per heavy atom. The lowest BCUT2D eigenvalue weighted by Gasteiger charge is -2.21. The highest BCUT2D eigenvalue weighted by Gasteiger charge is 2.18. The summed E-state index contributed by atoms with van der Waals surface area (Å²) in [5, 5.41) is 11.7. The number of amides is 1. The molecule has 0 fully saturated rings. The molecule has 5 rings (SSSR count). The van der Waals surface area contributed by atoms with E-state index in [-0.39, 0.29) is 18.5 Å². The van der Waals surface area contributed by atoms with E-state index >= 15 is 0 Å². The van der Waals surface area contributed by atoms with Crippen LogP contribution in [0.15, 0.2) is 53.3 Å². The highest BCUT2D eigenvalue weighted by atomic mass is 16.6. The van der Waals surface area contributed by atoms with Gasteiger partial charge in [0.05, 0.1) is 18.8 Å². The van der Waals surface area contributed by atoms with Gasteiger partial charge in [-0.05, 0) is 61.9 Å². The summed E-state index contributed by atoms with van der Waals surface area (Å²) in [5.74, 6) is 2.23. The lowest BCUT2D eigenvalue weighted by molar-refractivity contribution is -0.122. The molecule has 3 heterocycles. The van der Waals surface area contributed by atoms with Crippen LogP contribution in [0.5, 0.6) is 17.2 Å². The van der Waals surface area contributed by atoms with E-state index in [0.29, 0.717) is 41.7 Å². The summed E-state index contributed by atoms with van der Waals surface area (Å²) < 4.78 is 19.0. The van der Waals surface area contributed by atoms with Gasteiger partial charge >= 0.3 is 0 Å². The van der Waals surface area contributed by atoms with Crippen LogP contribution in [0.2, 0.25) is 0 Å². The Kier molecular flexibility index (Phi) is 5.86. The van der Waals surface area contributed by atoms with Crippen LogP contribution in [0.1, 0.15) is 24.4 Å². The summed E-state index contributed by atoms with van der Waals surface area (Å²) in [5.41, 5.74) is 2.28. The topological polar surface area (TPSA) is 109 Å². The third kappa shape index (κ3) is 4.42. The van der Waals surface area contributed by atoms with Crippen molar-refractivity contribution in [2.75, 3.05) is 20.3 Å². The molecule has 10 heteroatoms. The molecule has 1 N–H and O–H groups in total. The van der Waals surface area contributed by atoms with Crippen LogP contribution in [-0.2, 0) is 11.3 Å². The van der Waals surface area contributed by atoms with Gasteiger partial charge in [-0.2, -0.15) is 10.2 Å². The summed E-state index contributed by atoms with van der Waals surface area (Å²) in [6.07, 6.45) is 0. The van der Waals surface area contributed by atoms with Crippen molar-refractivity contribution in [3.05, 3.63) is 70.3 Å². The summed E-state index contributed by atoms with van der Waals surface area (Å²) in [4.78, 5) is 25.9. The zero-order chi connectivity index (χ0) is 24.5. The number of carbonyl (C=O) groups is 1. The number of hydrogen-bond donors (Lipinski definition) is 1. The molecule has 0 bridgehead atoms. The molecular weight excluding hydrogens is 450 g/mol. The van der Waals surface area contributed by atoms with Crippen molar-refractivity contribution in [3.63, 3.8) is 0 Å². The summed E-state index contributed by atoms with van der Waals surface area (Å²) >= 11 is 0. The average molecular weight is 476 g/mol. The average Bonchev–Trinajstić information content (AvgIpc) is 3.33. The van der Waals surface area contributed by atoms with Crippen LogP contribution in [0.25, 0.3) is 16.8 Å². The molecular formula is C25H25N5O5. The number of carbonyl (C=O) groups excluding carboxylic acids is 1. The first-order valence-electron chi connectivity index (χ1n) is 11.2. The van der Waals surface area contributed by atoms with Crippen LogP contribution in [-0.4, -0.2) is 45.6 Å². The minimum atomic E-state index is -0.398. The second-order valence-electron chi connectivity index (χ2n) is 8.26. The predicted molar refractivity (Wildman–Crippen MR) is 128 cm³/mol. The molecule has 1 aliphatic rings. The highest BCUT2D eigenvalue weighted by molar-refractivity contribution is 5.76. The van der Waals surface area contributed by atoms with Crippen LogP contribution >= 0.6 is 0 Å². The maximum absolute atomic E-state index is 13.1. The molecule has 0 saturated heterocycles. The first-order chi connectivity index (χ1) is 16.9. The van der Waals surface area contributed by atoms with Gasteiger partial charge in [-0.15, -0.1) is 0 Å². The SMILES string of the molecule is COc1ccc(-c2cc3c(=O)n(CC(=O)NC(C)c4ccc5c(c4)OCCO5)nc(C)n3n2)cc1. The Labute approximate surface area is 201 Å². The summed E-state index contributed by atoms with van der Waals surface area (Å²) in [6.45, 7) is 4.40. The van der Waals surface area contributed by atoms with E-state index in [4.69, 9.17) is 14.2 Å². The molecule has 2 aromatic heterocycles. The van der Waals surface area contributed by atoms with Crippen LogP contribution in [0.4, 0.5) is 0 Å². The zero-order valence-corrected chi connectivity index (χ0v) is 19.6. The maximum Gasteiger partial charge on any atom is 0.293 e. The van der Waals surface area contributed by atoms with Crippen molar-refractivity contribution < 1.29 is 19.0 Å². The Bertz CT molecular complexity index is 1460. The van der Waals surface area contributed by atoms with Gasteiger partial charge in [0.25, 0.3) is 5.56 Å². The Morgan fingerprint density at radius 3 is 2.57 bits per heavy atom. The Hall–Kier alpha value is -4.34. The van der Waals surface area contributed by atoms with Gasteiger partial charge in [0, 0.05) is 5.56 Å². The molecule has 0 spiro atoms. The zero-order valence-electron chi connectivity index (χ0n) is 19.6. The first-order valence-corrected chi connectivity index (χ1v) is 11.2. The third-order valence-corrected chi connectivity index (χ3v) is 5.86. The lowest BCUT2D eigenvalue weighted by atomic mass is 10.1. The Balaban J connectivity index is 1.35.